The van der Waals surface area contributed by atoms with Crippen LogP contribution in [0.25, 0.3) is 0 Å². The van der Waals surface area contributed by atoms with E-state index >= 15 is 0 Å². The second kappa shape index (κ2) is 3.35. The molecular weight excluding hydrogens is 126 g/mol. The number of nitrogens with zero attached hydrogens (tertiary/aromatic N) is 1. The molecule has 1 fully saturated rings. The highest BCUT2D eigenvalue weighted by Crippen LogP contribution is 2.15. The zero-order valence-electron chi connectivity index (χ0n) is 6.88. The highest BCUT2D eigenvalue weighted by Gasteiger charge is 2.21. The van der Waals surface area contributed by atoms with E-state index < -0.39 is 0 Å². The molecule has 2 atom stereocenters. The van der Waals surface area contributed by atoms with Gasteiger partial charge in [-0.25, -0.2) is 0 Å². The second-order valence-electron chi connectivity index (χ2n) is 3.16. The number of aliphatic hydroxyl groups excluding tert-OH is 1. The lowest BCUT2D eigenvalue weighted by molar-refractivity contribution is 0.0514. The van der Waals surface area contributed by atoms with Crippen molar-refractivity contribution in [2.75, 3.05) is 13.1 Å². The maximum Gasteiger partial charge on any atom is 0.0567 e. The van der Waals surface area contributed by atoms with E-state index in [1.807, 2.05) is 0 Å². The Morgan fingerprint density at radius 1 is 1.60 bits per heavy atom. The summed E-state index contributed by atoms with van der Waals surface area (Å²) in [5.74, 6) is 0. The summed E-state index contributed by atoms with van der Waals surface area (Å²) in [4.78, 5) is 2.41. The molecule has 2 heteroatoms. The Kier molecular flexibility index (Phi) is 2.69. The molecular formula is C8H17NO. The minimum Gasteiger partial charge on any atom is -0.393 e. The van der Waals surface area contributed by atoms with Gasteiger partial charge in [-0.3, -0.25) is 0 Å². The molecule has 0 aromatic carbocycles. The van der Waals surface area contributed by atoms with Gasteiger partial charge in [-0.2, -0.15) is 0 Å². The molecule has 1 aliphatic rings. The Bertz CT molecular complexity index is 105. The van der Waals surface area contributed by atoms with E-state index in [9.17, 15) is 5.11 Å². The van der Waals surface area contributed by atoms with Crippen LogP contribution in [-0.2, 0) is 0 Å². The molecule has 0 spiro atoms. The van der Waals surface area contributed by atoms with Crippen LogP contribution in [0.15, 0.2) is 0 Å². The van der Waals surface area contributed by atoms with Gasteiger partial charge in [0.05, 0.1) is 6.10 Å². The largest absolute Gasteiger partial charge is 0.393 e. The molecule has 1 heterocycles. The van der Waals surface area contributed by atoms with Gasteiger partial charge in [0, 0.05) is 12.6 Å². The monoisotopic (exact) mass is 143 g/mol. The molecule has 2 nitrogen and oxygen atoms in total. The molecule has 1 saturated heterocycles. The lowest BCUT2D eigenvalue weighted by Crippen LogP contribution is -2.42. The SMILES string of the molecule is CCN1CCC(O)C[C@@H]1C. The highest BCUT2D eigenvalue weighted by molar-refractivity contribution is 4.76. The predicted molar refractivity (Wildman–Crippen MR) is 41.9 cm³/mol. The second-order valence-corrected chi connectivity index (χ2v) is 3.16. The molecule has 0 amide bonds. The van der Waals surface area contributed by atoms with Crippen molar-refractivity contribution in [1.29, 1.82) is 0 Å². The van der Waals surface area contributed by atoms with Crippen LogP contribution >= 0.6 is 0 Å². The molecule has 1 unspecified atom stereocenters. The molecule has 60 valence electrons. The number of likely N-dealkylation sites (tertiary alicyclic amines) is 1. The van der Waals surface area contributed by atoms with Gasteiger partial charge in [0.2, 0.25) is 0 Å². The average Bonchev–Trinajstić information content (AvgIpc) is 1.88. The standard InChI is InChI=1S/C8H17NO/c1-3-9-5-4-8(10)6-7(9)2/h7-8,10H,3-6H2,1-2H3/t7-,8?/m0/s1. The maximum absolute atomic E-state index is 9.27. The summed E-state index contributed by atoms with van der Waals surface area (Å²) >= 11 is 0. The van der Waals surface area contributed by atoms with Crippen LogP contribution in [-0.4, -0.2) is 35.2 Å². The molecule has 10 heavy (non-hydrogen) atoms. The first-order valence-electron chi connectivity index (χ1n) is 4.16. The van der Waals surface area contributed by atoms with E-state index in [1.165, 1.54) is 0 Å². The molecule has 1 rings (SSSR count). The van der Waals surface area contributed by atoms with E-state index in [0.717, 1.165) is 25.9 Å². The Morgan fingerprint density at radius 2 is 2.30 bits per heavy atom. The van der Waals surface area contributed by atoms with Crippen LogP contribution in [0.1, 0.15) is 26.7 Å². The van der Waals surface area contributed by atoms with Crippen LogP contribution in [0.5, 0.6) is 0 Å². The summed E-state index contributed by atoms with van der Waals surface area (Å²) < 4.78 is 0. The van der Waals surface area contributed by atoms with Gasteiger partial charge >= 0.3 is 0 Å². The van der Waals surface area contributed by atoms with Crippen molar-refractivity contribution in [3.05, 3.63) is 0 Å². The van der Waals surface area contributed by atoms with Crippen LogP contribution in [0.2, 0.25) is 0 Å². The summed E-state index contributed by atoms with van der Waals surface area (Å²) in [7, 11) is 0. The lowest BCUT2D eigenvalue weighted by atomic mass is 10.0. The maximum atomic E-state index is 9.27. The number of hydrogen-bond acceptors (Lipinski definition) is 2. The molecule has 0 radical (unpaired) electrons. The van der Waals surface area contributed by atoms with Crippen molar-refractivity contribution in [1.82, 2.24) is 4.90 Å². The fourth-order valence-electron chi connectivity index (χ4n) is 1.67. The van der Waals surface area contributed by atoms with E-state index in [-0.39, 0.29) is 6.10 Å². The molecule has 0 aromatic heterocycles. The summed E-state index contributed by atoms with van der Waals surface area (Å²) in [6.45, 7) is 6.55. The van der Waals surface area contributed by atoms with E-state index in [1.54, 1.807) is 0 Å². The average molecular weight is 143 g/mol. The minimum atomic E-state index is -0.0437. The van der Waals surface area contributed by atoms with Crippen LogP contribution in [0.3, 0.4) is 0 Å². The van der Waals surface area contributed by atoms with Gasteiger partial charge in [-0.1, -0.05) is 6.92 Å². The van der Waals surface area contributed by atoms with Crippen molar-refractivity contribution in [2.45, 2.75) is 38.8 Å². The summed E-state index contributed by atoms with van der Waals surface area (Å²) in [6, 6.07) is 0.578. The van der Waals surface area contributed by atoms with Gasteiger partial charge < -0.3 is 10.0 Å². The zero-order valence-corrected chi connectivity index (χ0v) is 6.88. The van der Waals surface area contributed by atoms with Gasteiger partial charge in [-0.05, 0) is 26.3 Å². The normalized spacial score (nSPS) is 36.3. The van der Waals surface area contributed by atoms with Gasteiger partial charge in [0.15, 0.2) is 0 Å². The topological polar surface area (TPSA) is 23.5 Å². The first-order valence-corrected chi connectivity index (χ1v) is 4.16. The fraction of sp³-hybridized carbons (Fsp3) is 1.00. The Morgan fingerprint density at radius 3 is 2.80 bits per heavy atom. The van der Waals surface area contributed by atoms with Gasteiger partial charge in [0.1, 0.15) is 0 Å². The van der Waals surface area contributed by atoms with E-state index in [4.69, 9.17) is 0 Å². The third-order valence-corrected chi connectivity index (χ3v) is 2.39. The summed E-state index contributed by atoms with van der Waals surface area (Å²) in [5.41, 5.74) is 0. The molecule has 0 aromatic rings. The molecule has 0 saturated carbocycles. The van der Waals surface area contributed by atoms with Crippen LogP contribution in [0, 0.1) is 0 Å². The molecule has 0 bridgehead atoms. The molecule has 0 aliphatic carbocycles. The van der Waals surface area contributed by atoms with Crippen LogP contribution in [0.4, 0.5) is 0 Å². The smallest absolute Gasteiger partial charge is 0.0567 e. The van der Waals surface area contributed by atoms with Gasteiger partial charge in [-0.15, -0.1) is 0 Å². The van der Waals surface area contributed by atoms with Crippen molar-refractivity contribution in [3.8, 4) is 0 Å². The number of rotatable bonds is 1. The summed E-state index contributed by atoms with van der Waals surface area (Å²) in [5, 5.41) is 9.27. The molecule has 1 N–H and O–H groups in total. The van der Waals surface area contributed by atoms with Crippen molar-refractivity contribution >= 4 is 0 Å². The third kappa shape index (κ3) is 1.70. The first kappa shape index (κ1) is 8.02. The third-order valence-electron chi connectivity index (χ3n) is 2.39. The first-order chi connectivity index (χ1) is 4.74. The zero-order chi connectivity index (χ0) is 7.56. The quantitative estimate of drug-likeness (QED) is 0.588. The lowest BCUT2D eigenvalue weighted by Gasteiger charge is -2.34. The Balaban J connectivity index is 2.36. The Hall–Kier alpha value is -0.0800. The number of aliphatic hydroxyl groups is 1. The van der Waals surface area contributed by atoms with Crippen molar-refractivity contribution in [2.24, 2.45) is 0 Å². The van der Waals surface area contributed by atoms with Crippen molar-refractivity contribution in [3.63, 3.8) is 0 Å². The highest BCUT2D eigenvalue weighted by atomic mass is 16.3. The van der Waals surface area contributed by atoms with Crippen molar-refractivity contribution < 1.29 is 5.11 Å². The fourth-order valence-corrected chi connectivity index (χ4v) is 1.67. The number of hydrogen-bond donors (Lipinski definition) is 1. The Labute approximate surface area is 62.8 Å². The van der Waals surface area contributed by atoms with E-state index in [2.05, 4.69) is 18.7 Å². The minimum absolute atomic E-state index is 0.0437. The van der Waals surface area contributed by atoms with Crippen LogP contribution < -0.4 is 0 Å². The van der Waals surface area contributed by atoms with E-state index in [0.29, 0.717) is 6.04 Å². The number of piperidine rings is 1. The summed E-state index contributed by atoms with van der Waals surface area (Å²) in [6.07, 6.45) is 1.87. The molecule has 1 aliphatic heterocycles. The predicted octanol–water partition coefficient (Wildman–Crippen LogP) is 0.851. The van der Waals surface area contributed by atoms with Gasteiger partial charge in [0.25, 0.3) is 0 Å².